The van der Waals surface area contributed by atoms with Crippen LogP contribution >= 0.6 is 0 Å². The first kappa shape index (κ1) is 10.0. The predicted octanol–water partition coefficient (Wildman–Crippen LogP) is 2.23. The van der Waals surface area contributed by atoms with E-state index in [9.17, 15) is 0 Å². The molecule has 0 amide bonds. The molecule has 3 nitrogen and oxygen atoms in total. The van der Waals surface area contributed by atoms with Crippen LogP contribution in [-0.2, 0) is 0 Å². The summed E-state index contributed by atoms with van der Waals surface area (Å²) in [6.45, 7) is 0. The topological polar surface area (TPSA) is 55.3 Å². The number of allylic oxidation sites excluding steroid dienone is 3. The number of benzene rings is 1. The van der Waals surface area contributed by atoms with Crippen molar-refractivity contribution in [3.63, 3.8) is 0 Å². The van der Waals surface area contributed by atoms with Gasteiger partial charge in [0.15, 0.2) is 0 Å². The molecule has 0 spiro atoms. The zero-order valence-electron chi connectivity index (χ0n) is 9.77. The van der Waals surface area contributed by atoms with Crippen molar-refractivity contribution in [1.82, 2.24) is 0 Å². The normalized spacial score (nSPS) is 17.7. The second-order valence-electron chi connectivity index (χ2n) is 4.48. The van der Waals surface area contributed by atoms with Crippen LogP contribution in [0.5, 0.6) is 0 Å². The van der Waals surface area contributed by atoms with Crippen molar-refractivity contribution in [3.05, 3.63) is 52.9 Å². The highest BCUT2D eigenvalue weighted by Gasteiger charge is 2.21. The van der Waals surface area contributed by atoms with Crippen LogP contribution in [0, 0.1) is 0 Å². The predicted molar refractivity (Wildman–Crippen MR) is 72.2 cm³/mol. The van der Waals surface area contributed by atoms with Crippen molar-refractivity contribution in [1.29, 1.82) is 0 Å². The fourth-order valence-corrected chi connectivity index (χ4v) is 2.38. The van der Waals surface area contributed by atoms with Gasteiger partial charge in [0.1, 0.15) is 0 Å². The summed E-state index contributed by atoms with van der Waals surface area (Å²) in [5.41, 5.74) is 18.1. The highest BCUT2D eigenvalue weighted by atomic mass is 15.1. The second kappa shape index (κ2) is 3.42. The average Bonchev–Trinajstić information content (AvgIpc) is 2.32. The Bertz CT molecular complexity index is 579. The summed E-state index contributed by atoms with van der Waals surface area (Å²) < 4.78 is 0. The first-order valence-corrected chi connectivity index (χ1v) is 5.66. The van der Waals surface area contributed by atoms with E-state index in [4.69, 9.17) is 11.5 Å². The maximum Gasteiger partial charge on any atom is 0.0502 e. The number of hydrogen-bond acceptors (Lipinski definition) is 3. The van der Waals surface area contributed by atoms with Crippen LogP contribution in [-0.4, -0.2) is 7.05 Å². The van der Waals surface area contributed by atoms with Gasteiger partial charge in [-0.05, 0) is 41.8 Å². The van der Waals surface area contributed by atoms with Crippen LogP contribution in [0.3, 0.4) is 0 Å². The van der Waals surface area contributed by atoms with Crippen molar-refractivity contribution < 1.29 is 0 Å². The Morgan fingerprint density at radius 3 is 2.82 bits per heavy atom. The number of likely N-dealkylation sites (N-methyl/N-ethyl adjacent to an activating group) is 1. The fraction of sp³-hybridized carbons (Fsp3) is 0.143. The summed E-state index contributed by atoms with van der Waals surface area (Å²) in [6.07, 6.45) is 7.17. The van der Waals surface area contributed by atoms with Crippen LogP contribution in [0.1, 0.15) is 12.0 Å². The molecule has 0 unspecified atom stereocenters. The molecular formula is C14H15N3. The van der Waals surface area contributed by atoms with E-state index in [1.807, 2.05) is 24.3 Å². The Kier molecular flexibility index (Phi) is 2.01. The average molecular weight is 225 g/mol. The lowest BCUT2D eigenvalue weighted by Gasteiger charge is -2.32. The Balaban J connectivity index is 2.18. The molecule has 0 fully saturated rings. The Hall–Kier alpha value is -2.16. The van der Waals surface area contributed by atoms with Crippen LogP contribution in [0.4, 0.5) is 11.4 Å². The first-order valence-electron chi connectivity index (χ1n) is 5.66. The number of nitrogen functional groups attached to an aromatic ring is 1. The molecule has 86 valence electrons. The molecule has 0 atom stereocenters. The third kappa shape index (κ3) is 1.51. The minimum Gasteiger partial charge on any atom is -0.399 e. The zero-order chi connectivity index (χ0) is 12.0. The van der Waals surface area contributed by atoms with E-state index < -0.39 is 0 Å². The highest BCUT2D eigenvalue weighted by molar-refractivity contribution is 5.82. The van der Waals surface area contributed by atoms with Gasteiger partial charge in [0.25, 0.3) is 0 Å². The molecule has 0 saturated heterocycles. The lowest BCUT2D eigenvalue weighted by atomic mass is 9.93. The van der Waals surface area contributed by atoms with Crippen molar-refractivity contribution in [3.8, 4) is 0 Å². The molecule has 1 aliphatic heterocycles. The van der Waals surface area contributed by atoms with Gasteiger partial charge < -0.3 is 16.4 Å². The molecular weight excluding hydrogens is 210 g/mol. The monoisotopic (exact) mass is 225 g/mol. The van der Waals surface area contributed by atoms with E-state index in [-0.39, 0.29) is 0 Å². The maximum atomic E-state index is 5.86. The fourth-order valence-electron chi connectivity index (χ4n) is 2.38. The molecule has 3 rings (SSSR count). The molecule has 1 heterocycles. The zero-order valence-corrected chi connectivity index (χ0v) is 9.77. The van der Waals surface area contributed by atoms with E-state index in [2.05, 4.69) is 24.1 Å². The van der Waals surface area contributed by atoms with Gasteiger partial charge in [-0.15, -0.1) is 0 Å². The van der Waals surface area contributed by atoms with Crippen molar-refractivity contribution >= 4 is 17.5 Å². The summed E-state index contributed by atoms with van der Waals surface area (Å²) in [4.78, 5) is 2.15. The number of nitrogens with two attached hydrogens (primary N) is 2. The van der Waals surface area contributed by atoms with Gasteiger partial charge in [0.2, 0.25) is 0 Å². The molecule has 4 N–H and O–H groups in total. The van der Waals surface area contributed by atoms with Gasteiger partial charge in [0.05, 0.1) is 5.69 Å². The van der Waals surface area contributed by atoms with Gasteiger partial charge in [-0.25, -0.2) is 0 Å². The third-order valence-corrected chi connectivity index (χ3v) is 3.30. The van der Waals surface area contributed by atoms with Crippen LogP contribution < -0.4 is 16.4 Å². The van der Waals surface area contributed by atoms with Crippen LogP contribution in [0.2, 0.25) is 0 Å². The van der Waals surface area contributed by atoms with E-state index in [0.717, 1.165) is 23.5 Å². The smallest absolute Gasteiger partial charge is 0.0502 e. The number of anilines is 2. The Labute approximate surface area is 101 Å². The summed E-state index contributed by atoms with van der Waals surface area (Å²) in [5.74, 6) is 0. The SMILES string of the molecule is CN1C2=CC(N)=CCC2=Cc2ccc(N)cc21. The number of hydrogen-bond donors (Lipinski definition) is 2. The van der Waals surface area contributed by atoms with Gasteiger partial charge in [0, 0.05) is 24.1 Å². The molecule has 0 radical (unpaired) electrons. The minimum absolute atomic E-state index is 0.785. The molecule has 0 bridgehead atoms. The van der Waals surface area contributed by atoms with Crippen molar-refractivity contribution in [2.75, 3.05) is 17.7 Å². The molecule has 2 aliphatic rings. The van der Waals surface area contributed by atoms with E-state index in [0.29, 0.717) is 0 Å². The van der Waals surface area contributed by atoms with Gasteiger partial charge in [-0.1, -0.05) is 12.1 Å². The molecule has 0 saturated carbocycles. The molecule has 1 aliphatic carbocycles. The lowest BCUT2D eigenvalue weighted by molar-refractivity contribution is 1.02. The lowest BCUT2D eigenvalue weighted by Crippen LogP contribution is -2.24. The number of rotatable bonds is 0. The standard InChI is InChI=1S/C14H15N3/c1-17-13-7-11(15)4-2-9(13)6-10-3-5-12(16)8-14(10)17/h2,4-8H,3,15-16H2,1H3. The van der Waals surface area contributed by atoms with Crippen LogP contribution in [0.25, 0.3) is 6.08 Å². The highest BCUT2D eigenvalue weighted by Crippen LogP contribution is 2.38. The van der Waals surface area contributed by atoms with E-state index >= 15 is 0 Å². The first-order chi connectivity index (χ1) is 8.15. The summed E-state index contributed by atoms with van der Waals surface area (Å²) in [5, 5.41) is 0. The van der Waals surface area contributed by atoms with E-state index in [1.165, 1.54) is 16.8 Å². The third-order valence-electron chi connectivity index (χ3n) is 3.30. The van der Waals surface area contributed by atoms with Gasteiger partial charge in [-0.2, -0.15) is 0 Å². The van der Waals surface area contributed by atoms with Crippen LogP contribution in [0.15, 0.2) is 47.3 Å². The quantitative estimate of drug-likeness (QED) is 0.666. The van der Waals surface area contributed by atoms with E-state index in [1.54, 1.807) is 0 Å². The molecule has 1 aromatic rings. The summed E-state index contributed by atoms with van der Waals surface area (Å²) in [6, 6.07) is 6.00. The molecule has 1 aromatic carbocycles. The Morgan fingerprint density at radius 2 is 2.00 bits per heavy atom. The maximum absolute atomic E-state index is 5.86. The number of fused-ring (bicyclic) bond motifs is 2. The van der Waals surface area contributed by atoms with Gasteiger partial charge in [-0.3, -0.25) is 0 Å². The summed E-state index contributed by atoms with van der Waals surface area (Å²) >= 11 is 0. The summed E-state index contributed by atoms with van der Waals surface area (Å²) in [7, 11) is 2.05. The van der Waals surface area contributed by atoms with Gasteiger partial charge >= 0.3 is 0 Å². The second-order valence-corrected chi connectivity index (χ2v) is 4.48. The molecule has 0 aromatic heterocycles. The van der Waals surface area contributed by atoms with Crippen molar-refractivity contribution in [2.24, 2.45) is 5.73 Å². The molecule has 17 heavy (non-hydrogen) atoms. The largest absolute Gasteiger partial charge is 0.399 e. The molecule has 3 heteroatoms. The Morgan fingerprint density at radius 1 is 1.18 bits per heavy atom. The number of nitrogens with zero attached hydrogens (tertiary/aromatic N) is 1. The minimum atomic E-state index is 0.785. The van der Waals surface area contributed by atoms with Crippen molar-refractivity contribution in [2.45, 2.75) is 6.42 Å².